The second-order valence-electron chi connectivity index (χ2n) is 6.83. The first-order valence-corrected chi connectivity index (χ1v) is 10.5. The lowest BCUT2D eigenvalue weighted by molar-refractivity contribution is -0.0512. The van der Waals surface area contributed by atoms with E-state index in [4.69, 9.17) is 4.74 Å². The highest BCUT2D eigenvalue weighted by molar-refractivity contribution is 7.89. The van der Waals surface area contributed by atoms with E-state index >= 15 is 0 Å². The van der Waals surface area contributed by atoms with Gasteiger partial charge in [-0.15, -0.1) is 0 Å². The Bertz CT molecular complexity index is 979. The van der Waals surface area contributed by atoms with E-state index in [9.17, 15) is 22.0 Å². The number of benzene rings is 2. The van der Waals surface area contributed by atoms with Gasteiger partial charge in [-0.1, -0.05) is 6.07 Å². The number of methoxy groups -OCH3 is 1. The topological polar surface area (TPSA) is 84.9 Å². The van der Waals surface area contributed by atoms with Crippen molar-refractivity contribution in [2.45, 2.75) is 37.9 Å². The third kappa shape index (κ3) is 6.14. The van der Waals surface area contributed by atoms with E-state index in [1.807, 2.05) is 0 Å². The standard InChI is InChI=1S/C20H24F2N2O5S/c1-13(2)23-30(26,27)16-8-6-15(7-9-16)19(25)24(3)12-14-5-10-17(29-20(21)22)18(11-14)28-4/h5-11,13,20,23H,12H2,1-4H3. The quantitative estimate of drug-likeness (QED) is 0.644. The van der Waals surface area contributed by atoms with E-state index in [0.717, 1.165) is 0 Å². The molecule has 0 fully saturated rings. The number of rotatable bonds is 9. The summed E-state index contributed by atoms with van der Waals surface area (Å²) in [4.78, 5) is 14.1. The smallest absolute Gasteiger partial charge is 0.387 e. The Kier molecular flexibility index (Phi) is 7.74. The second kappa shape index (κ2) is 9.86. The molecular weight excluding hydrogens is 418 g/mol. The monoisotopic (exact) mass is 442 g/mol. The van der Waals surface area contributed by atoms with Crippen LogP contribution in [0.5, 0.6) is 11.5 Å². The van der Waals surface area contributed by atoms with Gasteiger partial charge in [0.1, 0.15) is 0 Å². The molecule has 0 heterocycles. The van der Waals surface area contributed by atoms with Crippen molar-refractivity contribution in [1.82, 2.24) is 9.62 Å². The molecule has 30 heavy (non-hydrogen) atoms. The van der Waals surface area contributed by atoms with Crippen molar-refractivity contribution in [2.24, 2.45) is 0 Å². The second-order valence-corrected chi connectivity index (χ2v) is 8.54. The van der Waals surface area contributed by atoms with Crippen LogP contribution in [0.1, 0.15) is 29.8 Å². The Morgan fingerprint density at radius 1 is 1.10 bits per heavy atom. The van der Waals surface area contributed by atoms with Crippen LogP contribution in [0, 0.1) is 0 Å². The Morgan fingerprint density at radius 3 is 2.27 bits per heavy atom. The number of ether oxygens (including phenoxy) is 2. The normalized spacial score (nSPS) is 11.6. The van der Waals surface area contributed by atoms with Gasteiger partial charge in [-0.25, -0.2) is 13.1 Å². The molecule has 0 spiro atoms. The summed E-state index contributed by atoms with van der Waals surface area (Å²) in [6.07, 6.45) is 0. The van der Waals surface area contributed by atoms with Gasteiger partial charge < -0.3 is 14.4 Å². The summed E-state index contributed by atoms with van der Waals surface area (Å²) >= 11 is 0. The van der Waals surface area contributed by atoms with E-state index in [2.05, 4.69) is 9.46 Å². The Hall–Kier alpha value is -2.72. The first kappa shape index (κ1) is 23.6. The molecule has 0 bridgehead atoms. The summed E-state index contributed by atoms with van der Waals surface area (Å²) in [6.45, 7) is 0.632. The van der Waals surface area contributed by atoms with Gasteiger partial charge in [0.05, 0.1) is 12.0 Å². The van der Waals surface area contributed by atoms with Crippen LogP contribution in [0.3, 0.4) is 0 Å². The number of carbonyl (C=O) groups excluding carboxylic acids is 1. The molecule has 0 unspecified atom stereocenters. The molecular formula is C20H24F2N2O5S. The number of nitrogens with one attached hydrogen (secondary N) is 1. The molecule has 0 aromatic heterocycles. The molecule has 2 aromatic rings. The summed E-state index contributed by atoms with van der Waals surface area (Å²) in [5, 5.41) is 0. The summed E-state index contributed by atoms with van der Waals surface area (Å²) < 4.78 is 61.1. The minimum atomic E-state index is -3.65. The number of hydrogen-bond acceptors (Lipinski definition) is 5. The van der Waals surface area contributed by atoms with Gasteiger partial charge in [-0.2, -0.15) is 8.78 Å². The predicted molar refractivity (Wildman–Crippen MR) is 107 cm³/mol. The third-order valence-corrected chi connectivity index (χ3v) is 5.69. The molecule has 0 aliphatic rings. The zero-order valence-electron chi connectivity index (χ0n) is 17.1. The molecule has 164 valence electrons. The number of amides is 1. The van der Waals surface area contributed by atoms with Crippen LogP contribution in [0.2, 0.25) is 0 Å². The number of nitrogens with zero attached hydrogens (tertiary/aromatic N) is 1. The van der Waals surface area contributed by atoms with Crippen LogP contribution in [-0.4, -0.2) is 46.0 Å². The average molecular weight is 442 g/mol. The summed E-state index contributed by atoms with van der Waals surface area (Å²) in [5.41, 5.74) is 0.954. The molecule has 0 saturated carbocycles. The van der Waals surface area contributed by atoms with Crippen molar-refractivity contribution < 1.29 is 31.5 Å². The molecule has 0 atom stereocenters. The molecule has 2 rings (SSSR count). The number of sulfonamides is 1. The molecule has 1 amide bonds. The molecule has 2 aromatic carbocycles. The van der Waals surface area contributed by atoms with Crippen molar-refractivity contribution in [3.05, 3.63) is 53.6 Å². The van der Waals surface area contributed by atoms with Crippen molar-refractivity contribution in [1.29, 1.82) is 0 Å². The van der Waals surface area contributed by atoms with Gasteiger partial charge in [0.15, 0.2) is 11.5 Å². The fourth-order valence-electron chi connectivity index (χ4n) is 2.72. The minimum Gasteiger partial charge on any atom is -0.493 e. The summed E-state index contributed by atoms with van der Waals surface area (Å²) in [6, 6.07) is 9.77. The summed E-state index contributed by atoms with van der Waals surface area (Å²) in [5.74, 6) is -0.305. The number of halogens is 2. The summed E-state index contributed by atoms with van der Waals surface area (Å²) in [7, 11) is -0.743. The van der Waals surface area contributed by atoms with Gasteiger partial charge in [0, 0.05) is 25.2 Å². The van der Waals surface area contributed by atoms with Crippen molar-refractivity contribution >= 4 is 15.9 Å². The average Bonchev–Trinajstić information content (AvgIpc) is 2.67. The molecule has 1 N–H and O–H groups in total. The van der Waals surface area contributed by atoms with Crippen LogP contribution < -0.4 is 14.2 Å². The van der Waals surface area contributed by atoms with Crippen molar-refractivity contribution in [3.63, 3.8) is 0 Å². The predicted octanol–water partition coefficient (Wildman–Crippen LogP) is 3.26. The van der Waals surface area contributed by atoms with Gasteiger partial charge in [0.25, 0.3) is 5.91 Å². The van der Waals surface area contributed by atoms with E-state index in [-0.39, 0.29) is 34.9 Å². The van der Waals surface area contributed by atoms with E-state index < -0.39 is 16.6 Å². The Morgan fingerprint density at radius 2 is 1.73 bits per heavy atom. The minimum absolute atomic E-state index is 0.0646. The van der Waals surface area contributed by atoms with Gasteiger partial charge in [-0.05, 0) is 55.8 Å². The highest BCUT2D eigenvalue weighted by Gasteiger charge is 2.18. The fraction of sp³-hybridized carbons (Fsp3) is 0.350. The highest BCUT2D eigenvalue weighted by atomic mass is 32.2. The number of carbonyl (C=O) groups is 1. The molecule has 0 aliphatic carbocycles. The maximum absolute atomic E-state index is 12.7. The maximum Gasteiger partial charge on any atom is 0.387 e. The number of alkyl halides is 2. The Balaban J connectivity index is 2.12. The number of hydrogen-bond donors (Lipinski definition) is 1. The first-order chi connectivity index (χ1) is 14.0. The van der Waals surface area contributed by atoms with E-state index in [1.165, 1.54) is 48.4 Å². The zero-order valence-corrected chi connectivity index (χ0v) is 17.9. The van der Waals surface area contributed by atoms with Gasteiger partial charge in [0.2, 0.25) is 10.0 Å². The van der Waals surface area contributed by atoms with Crippen LogP contribution in [0.15, 0.2) is 47.4 Å². The fourth-order valence-corrected chi connectivity index (χ4v) is 3.98. The highest BCUT2D eigenvalue weighted by Crippen LogP contribution is 2.30. The van der Waals surface area contributed by atoms with Crippen LogP contribution >= 0.6 is 0 Å². The first-order valence-electron chi connectivity index (χ1n) is 9.03. The molecule has 7 nitrogen and oxygen atoms in total. The lowest BCUT2D eigenvalue weighted by atomic mass is 10.1. The van der Waals surface area contributed by atoms with Gasteiger partial charge >= 0.3 is 6.61 Å². The van der Waals surface area contributed by atoms with Crippen LogP contribution in [0.25, 0.3) is 0 Å². The van der Waals surface area contributed by atoms with E-state index in [0.29, 0.717) is 11.1 Å². The lowest BCUT2D eigenvalue weighted by Crippen LogP contribution is -2.30. The van der Waals surface area contributed by atoms with E-state index in [1.54, 1.807) is 27.0 Å². The Labute approximate surface area is 174 Å². The van der Waals surface area contributed by atoms with Crippen molar-refractivity contribution in [3.8, 4) is 11.5 Å². The molecule has 10 heteroatoms. The van der Waals surface area contributed by atoms with Crippen LogP contribution in [0.4, 0.5) is 8.78 Å². The largest absolute Gasteiger partial charge is 0.493 e. The SMILES string of the molecule is COc1cc(CN(C)C(=O)c2ccc(S(=O)(=O)NC(C)C)cc2)ccc1OC(F)F. The zero-order chi connectivity index (χ0) is 22.5. The molecule has 0 saturated heterocycles. The van der Waals surface area contributed by atoms with Crippen LogP contribution in [-0.2, 0) is 16.6 Å². The van der Waals surface area contributed by atoms with Crippen molar-refractivity contribution in [2.75, 3.05) is 14.2 Å². The van der Waals surface area contributed by atoms with Gasteiger partial charge in [-0.3, -0.25) is 4.79 Å². The molecule has 0 aliphatic heterocycles. The maximum atomic E-state index is 12.7. The molecule has 0 radical (unpaired) electrons. The third-order valence-electron chi connectivity index (χ3n) is 4.01. The lowest BCUT2D eigenvalue weighted by Gasteiger charge is -2.19.